The highest BCUT2D eigenvalue weighted by atomic mass is 19.1. The Kier molecular flexibility index (Phi) is 6.42. The van der Waals surface area contributed by atoms with E-state index in [0.717, 1.165) is 23.1 Å². The summed E-state index contributed by atoms with van der Waals surface area (Å²) in [5.74, 6) is -0.00572. The summed E-state index contributed by atoms with van der Waals surface area (Å²) in [7, 11) is 0. The van der Waals surface area contributed by atoms with Crippen LogP contribution in [0, 0.1) is 17.7 Å². The van der Waals surface area contributed by atoms with Gasteiger partial charge in [0.15, 0.2) is 5.60 Å². The summed E-state index contributed by atoms with van der Waals surface area (Å²) in [6, 6.07) is 14.0. The van der Waals surface area contributed by atoms with E-state index in [0.29, 0.717) is 32.0 Å². The second-order valence-corrected chi connectivity index (χ2v) is 8.76. The van der Waals surface area contributed by atoms with Crippen molar-refractivity contribution in [3.8, 4) is 11.1 Å². The second-order valence-electron chi connectivity index (χ2n) is 8.76. The fourth-order valence-corrected chi connectivity index (χ4v) is 4.42. The molecular weight excluding hydrogens is 407 g/mol. The zero-order chi connectivity index (χ0) is 22.7. The summed E-state index contributed by atoms with van der Waals surface area (Å²) in [6.07, 6.45) is 2.82. The highest BCUT2D eigenvalue weighted by Gasteiger charge is 2.49. The van der Waals surface area contributed by atoms with E-state index >= 15 is 0 Å². The molecule has 2 aromatic rings. The number of ether oxygens (including phenoxy) is 1. The molecule has 4 rings (SSSR count). The lowest BCUT2D eigenvalue weighted by atomic mass is 9.87. The van der Waals surface area contributed by atoms with Crippen LogP contribution in [0.15, 0.2) is 61.2 Å². The minimum absolute atomic E-state index is 0.0496. The standard InChI is InChI=1S/C26H29FN2O3/c1-3-12-28-25(31)26(17-29(13-14-32-26)24(30)23-15-18(23)2)16-20-6-4-5-7-22(20)19-8-10-21(27)11-9-19/h3-11,18,23H,1,12-17H2,2H3,(H,28,31)/t18-,23+,26-/m0/s1. The predicted molar refractivity (Wildman–Crippen MR) is 121 cm³/mol. The van der Waals surface area contributed by atoms with E-state index in [-0.39, 0.29) is 30.1 Å². The number of carbonyl (C=O) groups excluding carboxylic acids is 2. The van der Waals surface area contributed by atoms with Crippen LogP contribution < -0.4 is 5.32 Å². The highest BCUT2D eigenvalue weighted by Crippen LogP contribution is 2.40. The van der Waals surface area contributed by atoms with Crippen LogP contribution in [0.3, 0.4) is 0 Å². The van der Waals surface area contributed by atoms with E-state index in [4.69, 9.17) is 4.74 Å². The summed E-state index contributed by atoms with van der Waals surface area (Å²) in [5, 5.41) is 2.87. The molecule has 0 spiro atoms. The van der Waals surface area contributed by atoms with Gasteiger partial charge in [-0.05, 0) is 41.2 Å². The number of nitrogens with zero attached hydrogens (tertiary/aromatic N) is 1. The van der Waals surface area contributed by atoms with Gasteiger partial charge in [0.1, 0.15) is 5.82 Å². The van der Waals surface area contributed by atoms with Crippen LogP contribution in [0.5, 0.6) is 0 Å². The van der Waals surface area contributed by atoms with E-state index in [1.165, 1.54) is 12.1 Å². The average molecular weight is 437 g/mol. The van der Waals surface area contributed by atoms with Gasteiger partial charge in [0.05, 0.1) is 13.2 Å². The molecule has 1 saturated carbocycles. The fourth-order valence-electron chi connectivity index (χ4n) is 4.42. The van der Waals surface area contributed by atoms with Crippen LogP contribution >= 0.6 is 0 Å². The molecule has 0 aromatic heterocycles. The van der Waals surface area contributed by atoms with Crippen molar-refractivity contribution < 1.29 is 18.7 Å². The van der Waals surface area contributed by atoms with Gasteiger partial charge in [0, 0.05) is 25.4 Å². The third-order valence-corrected chi connectivity index (χ3v) is 6.39. The van der Waals surface area contributed by atoms with Gasteiger partial charge in [-0.3, -0.25) is 9.59 Å². The first-order valence-corrected chi connectivity index (χ1v) is 11.1. The van der Waals surface area contributed by atoms with Crippen molar-refractivity contribution in [1.82, 2.24) is 10.2 Å². The number of morpholine rings is 1. The molecule has 1 aliphatic carbocycles. The summed E-state index contributed by atoms with van der Waals surface area (Å²) in [6.45, 7) is 7.06. The molecule has 1 aliphatic heterocycles. The van der Waals surface area contributed by atoms with Crippen LogP contribution in [-0.2, 0) is 20.7 Å². The Morgan fingerprint density at radius 1 is 1.25 bits per heavy atom. The summed E-state index contributed by atoms with van der Waals surface area (Å²) in [5.41, 5.74) is 1.47. The van der Waals surface area contributed by atoms with Gasteiger partial charge in [-0.2, -0.15) is 0 Å². The number of rotatable bonds is 7. The molecule has 0 bridgehead atoms. The first kappa shape index (κ1) is 22.2. The molecule has 1 N–H and O–H groups in total. The van der Waals surface area contributed by atoms with Gasteiger partial charge in [0.25, 0.3) is 5.91 Å². The third kappa shape index (κ3) is 4.60. The molecule has 2 fully saturated rings. The topological polar surface area (TPSA) is 58.6 Å². The first-order valence-electron chi connectivity index (χ1n) is 11.1. The largest absolute Gasteiger partial charge is 0.361 e. The van der Waals surface area contributed by atoms with E-state index in [2.05, 4.69) is 18.8 Å². The zero-order valence-corrected chi connectivity index (χ0v) is 18.4. The molecule has 0 unspecified atom stereocenters. The molecular formula is C26H29FN2O3. The third-order valence-electron chi connectivity index (χ3n) is 6.39. The van der Waals surface area contributed by atoms with Gasteiger partial charge < -0.3 is 15.0 Å². The van der Waals surface area contributed by atoms with Crippen molar-refractivity contribution in [3.63, 3.8) is 0 Å². The minimum Gasteiger partial charge on any atom is -0.361 e. The number of amides is 2. The lowest BCUT2D eigenvalue weighted by Gasteiger charge is -2.42. The van der Waals surface area contributed by atoms with Crippen LogP contribution in [0.2, 0.25) is 0 Å². The average Bonchev–Trinajstić information content (AvgIpc) is 3.54. The normalized spacial score (nSPS) is 24.6. The Labute approximate surface area is 188 Å². The number of benzene rings is 2. The maximum absolute atomic E-state index is 13.5. The van der Waals surface area contributed by atoms with Crippen LogP contribution in [0.4, 0.5) is 4.39 Å². The number of hydrogen-bond donors (Lipinski definition) is 1. The van der Waals surface area contributed by atoms with Gasteiger partial charge in [-0.15, -0.1) is 6.58 Å². The second kappa shape index (κ2) is 9.25. The quantitative estimate of drug-likeness (QED) is 0.675. The first-order chi connectivity index (χ1) is 15.4. The number of carbonyl (C=O) groups is 2. The Morgan fingerprint density at radius 2 is 1.97 bits per heavy atom. The fraction of sp³-hybridized carbons (Fsp3) is 0.385. The van der Waals surface area contributed by atoms with Crippen molar-refractivity contribution in [2.24, 2.45) is 11.8 Å². The highest BCUT2D eigenvalue weighted by molar-refractivity contribution is 5.88. The number of nitrogens with one attached hydrogen (secondary N) is 1. The Hall–Kier alpha value is -2.99. The predicted octanol–water partition coefficient (Wildman–Crippen LogP) is 3.59. The Morgan fingerprint density at radius 3 is 2.66 bits per heavy atom. The van der Waals surface area contributed by atoms with E-state index < -0.39 is 5.60 Å². The van der Waals surface area contributed by atoms with Crippen LogP contribution in [0.1, 0.15) is 18.9 Å². The maximum atomic E-state index is 13.5. The molecule has 2 aromatic carbocycles. The zero-order valence-electron chi connectivity index (χ0n) is 18.4. The van der Waals surface area contributed by atoms with E-state index in [9.17, 15) is 14.0 Å². The molecule has 1 heterocycles. The lowest BCUT2D eigenvalue weighted by molar-refractivity contribution is -0.166. The molecule has 168 valence electrons. The SMILES string of the molecule is C=CCNC(=O)[C@]1(Cc2ccccc2-c2ccc(F)cc2)CN(C(=O)[C@@H]2C[C@@H]2C)CCO1. The monoisotopic (exact) mass is 436 g/mol. The smallest absolute Gasteiger partial charge is 0.254 e. The van der Waals surface area contributed by atoms with Gasteiger partial charge in [-0.1, -0.05) is 49.4 Å². The molecule has 2 amide bonds. The minimum atomic E-state index is -1.20. The van der Waals surface area contributed by atoms with Crippen LogP contribution in [-0.4, -0.2) is 48.6 Å². The maximum Gasteiger partial charge on any atom is 0.254 e. The molecule has 3 atom stereocenters. The van der Waals surface area contributed by atoms with E-state index in [1.807, 2.05) is 24.3 Å². The molecule has 5 nitrogen and oxygen atoms in total. The molecule has 1 saturated heterocycles. The van der Waals surface area contributed by atoms with Crippen molar-refractivity contribution >= 4 is 11.8 Å². The Balaban J connectivity index is 1.66. The lowest BCUT2D eigenvalue weighted by Crippen LogP contribution is -2.62. The van der Waals surface area contributed by atoms with E-state index in [1.54, 1.807) is 23.1 Å². The van der Waals surface area contributed by atoms with Crippen molar-refractivity contribution in [1.29, 1.82) is 0 Å². The summed E-state index contributed by atoms with van der Waals surface area (Å²) < 4.78 is 19.6. The number of halogens is 1. The molecule has 2 aliphatic rings. The van der Waals surface area contributed by atoms with Gasteiger partial charge in [0.2, 0.25) is 5.91 Å². The summed E-state index contributed by atoms with van der Waals surface area (Å²) in [4.78, 5) is 28.1. The number of hydrogen-bond acceptors (Lipinski definition) is 3. The van der Waals surface area contributed by atoms with Crippen molar-refractivity contribution in [3.05, 3.63) is 72.6 Å². The van der Waals surface area contributed by atoms with Gasteiger partial charge in [-0.25, -0.2) is 4.39 Å². The molecule has 0 radical (unpaired) electrons. The van der Waals surface area contributed by atoms with Gasteiger partial charge >= 0.3 is 0 Å². The summed E-state index contributed by atoms with van der Waals surface area (Å²) >= 11 is 0. The van der Waals surface area contributed by atoms with Crippen molar-refractivity contribution in [2.75, 3.05) is 26.2 Å². The Bertz CT molecular complexity index is 1010. The van der Waals surface area contributed by atoms with Crippen LogP contribution in [0.25, 0.3) is 11.1 Å². The van der Waals surface area contributed by atoms with Crippen molar-refractivity contribution in [2.45, 2.75) is 25.4 Å². The molecule has 6 heteroatoms. The molecule has 32 heavy (non-hydrogen) atoms.